The first-order chi connectivity index (χ1) is 13.3. The van der Waals surface area contributed by atoms with Gasteiger partial charge in [0.15, 0.2) is 0 Å². The predicted octanol–water partition coefficient (Wildman–Crippen LogP) is 5.09. The lowest BCUT2D eigenvalue weighted by atomic mass is 10.2. The highest BCUT2D eigenvalue weighted by Gasteiger charge is 2.19. The summed E-state index contributed by atoms with van der Waals surface area (Å²) in [5, 5.41) is 3.80. The number of amides is 1. The van der Waals surface area contributed by atoms with Crippen LogP contribution in [0.1, 0.15) is 23.2 Å². The molecular weight excluding hydrogens is 354 g/mol. The van der Waals surface area contributed by atoms with Gasteiger partial charge in [-0.05, 0) is 49.2 Å². The van der Waals surface area contributed by atoms with Crippen LogP contribution in [-0.2, 0) is 0 Å². The smallest absolute Gasteiger partial charge is 0.258 e. The molecule has 1 N–H and O–H groups in total. The molecule has 3 aromatic rings. The molecule has 1 aliphatic heterocycles. The van der Waals surface area contributed by atoms with Crippen LogP contribution in [0.3, 0.4) is 0 Å². The van der Waals surface area contributed by atoms with Crippen molar-refractivity contribution in [3.8, 4) is 0 Å². The van der Waals surface area contributed by atoms with E-state index in [0.29, 0.717) is 10.6 Å². The third-order valence-corrected chi connectivity index (χ3v) is 5.60. The Morgan fingerprint density at radius 1 is 0.926 bits per heavy atom. The van der Waals surface area contributed by atoms with Gasteiger partial charge in [-0.25, -0.2) is 4.98 Å². The van der Waals surface area contributed by atoms with Crippen LogP contribution in [0.25, 0.3) is 0 Å². The molecule has 0 saturated carbocycles. The maximum atomic E-state index is 13.0. The third kappa shape index (κ3) is 4.14. The lowest BCUT2D eigenvalue weighted by Crippen LogP contribution is -2.21. The first-order valence-corrected chi connectivity index (χ1v) is 9.96. The van der Waals surface area contributed by atoms with E-state index in [1.54, 1.807) is 12.3 Å². The molecule has 136 valence electrons. The second kappa shape index (κ2) is 8.27. The van der Waals surface area contributed by atoms with Gasteiger partial charge in [0.25, 0.3) is 5.91 Å². The van der Waals surface area contributed by atoms with E-state index in [4.69, 9.17) is 0 Å². The van der Waals surface area contributed by atoms with E-state index in [2.05, 4.69) is 21.3 Å². The molecule has 27 heavy (non-hydrogen) atoms. The predicted molar refractivity (Wildman–Crippen MR) is 111 cm³/mol. The van der Waals surface area contributed by atoms with E-state index in [-0.39, 0.29) is 5.91 Å². The van der Waals surface area contributed by atoms with Gasteiger partial charge in [0.1, 0.15) is 5.03 Å². The van der Waals surface area contributed by atoms with Crippen LogP contribution in [0.15, 0.2) is 82.8 Å². The first-order valence-electron chi connectivity index (χ1n) is 9.14. The summed E-state index contributed by atoms with van der Waals surface area (Å²) in [5.74, 6) is -0.131. The molecule has 4 rings (SSSR count). The van der Waals surface area contributed by atoms with Crippen LogP contribution >= 0.6 is 11.8 Å². The Labute approximate surface area is 163 Å². The number of hydrogen-bond acceptors (Lipinski definition) is 4. The summed E-state index contributed by atoms with van der Waals surface area (Å²) >= 11 is 1.50. The van der Waals surface area contributed by atoms with Gasteiger partial charge in [0.05, 0.1) is 16.9 Å². The molecule has 0 bridgehead atoms. The van der Waals surface area contributed by atoms with Gasteiger partial charge in [0.2, 0.25) is 0 Å². The molecule has 0 unspecified atom stereocenters. The van der Waals surface area contributed by atoms with Crippen LogP contribution in [0.4, 0.5) is 11.4 Å². The number of hydrogen-bond donors (Lipinski definition) is 1. The van der Waals surface area contributed by atoms with E-state index in [9.17, 15) is 4.79 Å². The van der Waals surface area contributed by atoms with Crippen molar-refractivity contribution in [3.63, 3.8) is 0 Å². The highest BCUT2D eigenvalue weighted by molar-refractivity contribution is 7.99. The first kappa shape index (κ1) is 17.6. The summed E-state index contributed by atoms with van der Waals surface area (Å²) in [6.07, 6.45) is 4.12. The van der Waals surface area contributed by atoms with Crippen LogP contribution in [0, 0.1) is 0 Å². The maximum Gasteiger partial charge on any atom is 0.258 e. The number of nitrogens with one attached hydrogen (secondary N) is 1. The van der Waals surface area contributed by atoms with Crippen LogP contribution in [-0.4, -0.2) is 24.0 Å². The molecule has 2 heterocycles. The highest BCUT2D eigenvalue weighted by Crippen LogP contribution is 2.31. The summed E-state index contributed by atoms with van der Waals surface area (Å²) < 4.78 is 0. The fourth-order valence-electron chi connectivity index (χ4n) is 3.25. The number of carbonyl (C=O) groups is 1. The van der Waals surface area contributed by atoms with Gasteiger partial charge in [-0.15, -0.1) is 0 Å². The molecule has 1 aromatic heterocycles. The van der Waals surface area contributed by atoms with Crippen molar-refractivity contribution >= 4 is 29.0 Å². The molecule has 1 fully saturated rings. The van der Waals surface area contributed by atoms with Crippen molar-refractivity contribution in [2.24, 2.45) is 0 Å². The van der Waals surface area contributed by atoms with E-state index < -0.39 is 0 Å². The van der Waals surface area contributed by atoms with Gasteiger partial charge in [0, 0.05) is 24.2 Å². The standard InChI is InChI=1S/C22H21N3OS/c26-21(24-19-12-4-5-13-20(19)25-15-6-7-16-25)18-11-8-14-23-22(18)27-17-9-2-1-3-10-17/h1-5,8-14H,6-7,15-16H2,(H,24,26). The molecule has 0 spiro atoms. The van der Waals surface area contributed by atoms with Crippen molar-refractivity contribution < 1.29 is 4.79 Å². The molecule has 1 saturated heterocycles. The zero-order valence-corrected chi connectivity index (χ0v) is 15.8. The minimum absolute atomic E-state index is 0.131. The number of benzene rings is 2. The second-order valence-electron chi connectivity index (χ2n) is 6.44. The van der Waals surface area contributed by atoms with Crippen molar-refractivity contribution in [1.29, 1.82) is 0 Å². The van der Waals surface area contributed by atoms with E-state index in [1.807, 2.05) is 54.6 Å². The minimum atomic E-state index is -0.131. The number of anilines is 2. The monoisotopic (exact) mass is 375 g/mol. The number of para-hydroxylation sites is 2. The van der Waals surface area contributed by atoms with Crippen molar-refractivity contribution in [3.05, 3.63) is 78.5 Å². The summed E-state index contributed by atoms with van der Waals surface area (Å²) in [5.41, 5.74) is 2.52. The molecule has 5 heteroatoms. The van der Waals surface area contributed by atoms with Crippen molar-refractivity contribution in [2.75, 3.05) is 23.3 Å². The number of pyridine rings is 1. The lowest BCUT2D eigenvalue weighted by molar-refractivity contribution is 0.102. The molecule has 1 amide bonds. The summed E-state index contributed by atoms with van der Waals surface area (Å²) in [6, 6.07) is 21.6. The minimum Gasteiger partial charge on any atom is -0.370 e. The van der Waals surface area contributed by atoms with Gasteiger partial charge < -0.3 is 10.2 Å². The Bertz CT molecular complexity index is 924. The quantitative estimate of drug-likeness (QED) is 0.675. The van der Waals surface area contributed by atoms with Crippen LogP contribution < -0.4 is 10.2 Å². The average Bonchev–Trinajstić information content (AvgIpc) is 3.24. The Morgan fingerprint density at radius 2 is 1.67 bits per heavy atom. The Hall–Kier alpha value is -2.79. The fraction of sp³-hybridized carbons (Fsp3) is 0.182. The SMILES string of the molecule is O=C(Nc1ccccc1N1CCCC1)c1cccnc1Sc1ccccc1. The molecule has 0 atom stereocenters. The van der Waals surface area contributed by atoms with E-state index in [0.717, 1.165) is 29.4 Å². The van der Waals surface area contributed by atoms with E-state index in [1.165, 1.54) is 24.6 Å². The Balaban J connectivity index is 1.58. The number of rotatable bonds is 5. The Kier molecular flexibility index (Phi) is 5.39. The van der Waals surface area contributed by atoms with Crippen LogP contribution in [0.2, 0.25) is 0 Å². The normalized spacial score (nSPS) is 13.6. The topological polar surface area (TPSA) is 45.2 Å². The molecule has 2 aromatic carbocycles. The number of nitrogens with zero attached hydrogens (tertiary/aromatic N) is 2. The summed E-state index contributed by atoms with van der Waals surface area (Å²) in [6.45, 7) is 2.07. The average molecular weight is 375 g/mol. The largest absolute Gasteiger partial charge is 0.370 e. The summed E-state index contributed by atoms with van der Waals surface area (Å²) in [7, 11) is 0. The lowest BCUT2D eigenvalue weighted by Gasteiger charge is -2.21. The van der Waals surface area contributed by atoms with Gasteiger partial charge >= 0.3 is 0 Å². The van der Waals surface area contributed by atoms with E-state index >= 15 is 0 Å². The molecular formula is C22H21N3OS. The number of aromatic nitrogens is 1. The fourth-order valence-corrected chi connectivity index (χ4v) is 4.15. The third-order valence-electron chi connectivity index (χ3n) is 4.57. The van der Waals surface area contributed by atoms with Crippen molar-refractivity contribution in [2.45, 2.75) is 22.8 Å². The second-order valence-corrected chi connectivity index (χ2v) is 7.50. The molecule has 0 radical (unpaired) electrons. The molecule has 1 aliphatic rings. The van der Waals surface area contributed by atoms with Crippen LogP contribution in [0.5, 0.6) is 0 Å². The highest BCUT2D eigenvalue weighted by atomic mass is 32.2. The maximum absolute atomic E-state index is 13.0. The molecule has 4 nitrogen and oxygen atoms in total. The van der Waals surface area contributed by atoms with Crippen molar-refractivity contribution in [1.82, 2.24) is 4.98 Å². The summed E-state index contributed by atoms with van der Waals surface area (Å²) in [4.78, 5) is 20.8. The zero-order valence-electron chi connectivity index (χ0n) is 15.0. The van der Waals surface area contributed by atoms with Gasteiger partial charge in [-0.1, -0.05) is 42.1 Å². The van der Waals surface area contributed by atoms with Gasteiger partial charge in [-0.3, -0.25) is 4.79 Å². The van der Waals surface area contributed by atoms with Gasteiger partial charge in [-0.2, -0.15) is 0 Å². The zero-order chi connectivity index (χ0) is 18.5. The molecule has 0 aliphatic carbocycles. The number of carbonyl (C=O) groups excluding carboxylic acids is 1. The Morgan fingerprint density at radius 3 is 2.48 bits per heavy atom.